The van der Waals surface area contributed by atoms with Crippen molar-refractivity contribution < 1.29 is 19.9 Å². The van der Waals surface area contributed by atoms with Crippen LogP contribution in [-0.4, -0.2) is 38.5 Å². The Kier molecular flexibility index (Phi) is 6.15. The van der Waals surface area contributed by atoms with E-state index in [4.69, 9.17) is 28.3 Å². The van der Waals surface area contributed by atoms with Crippen molar-refractivity contribution in [1.82, 2.24) is 5.32 Å². The number of nitrogens with one attached hydrogen (secondary N) is 1. The summed E-state index contributed by atoms with van der Waals surface area (Å²) in [6.07, 6.45) is -1.25. The molecule has 1 aromatic carbocycles. The van der Waals surface area contributed by atoms with Crippen molar-refractivity contribution in [1.29, 1.82) is 0 Å². The summed E-state index contributed by atoms with van der Waals surface area (Å²) in [5.41, 5.74) is 0.169. The van der Waals surface area contributed by atoms with Crippen molar-refractivity contribution in [3.05, 3.63) is 39.9 Å². The Morgan fingerprint density at radius 2 is 1.90 bits per heavy atom. The number of carbonyl (C=O) groups is 1. The van der Waals surface area contributed by atoms with E-state index in [1.165, 1.54) is 24.3 Å². The molecule has 0 aliphatic rings. The average Bonchev–Trinajstić information content (AvgIpc) is 2.43. The van der Waals surface area contributed by atoms with E-state index in [2.05, 4.69) is 5.32 Å². The molecule has 0 saturated heterocycles. The number of halogens is 2. The maximum Gasteiger partial charge on any atom is 0.269 e. The molecule has 0 spiro atoms. The second-order valence-electron chi connectivity index (χ2n) is 3.89. The van der Waals surface area contributed by atoms with Crippen molar-refractivity contribution >= 4 is 34.8 Å². The van der Waals surface area contributed by atoms with E-state index in [0.717, 1.165) is 0 Å². The third-order valence-electron chi connectivity index (χ3n) is 2.55. The van der Waals surface area contributed by atoms with Gasteiger partial charge in [-0.15, -0.1) is 0 Å². The molecule has 2 atom stereocenters. The van der Waals surface area contributed by atoms with Gasteiger partial charge in [0.25, 0.3) is 11.6 Å². The lowest BCUT2D eigenvalue weighted by Crippen LogP contribution is -2.44. The smallest absolute Gasteiger partial charge is 0.269 e. The first-order valence-electron chi connectivity index (χ1n) is 5.48. The predicted octanol–water partition coefficient (Wildman–Crippen LogP) is 0.909. The monoisotopic (exact) mass is 333 g/mol. The number of carbonyl (C=O) groups excluding carboxylic acids is 1. The first kappa shape index (κ1) is 16.6. The summed E-state index contributed by atoms with van der Waals surface area (Å²) in [4.78, 5) is 19.9. The fraction of sp³-hybridized carbons (Fsp3) is 0.364. The van der Waals surface area contributed by atoms with Gasteiger partial charge in [0.2, 0.25) is 0 Å². The van der Waals surface area contributed by atoms with Gasteiger partial charge < -0.3 is 15.5 Å². The van der Waals surface area contributed by atoms with Crippen LogP contribution in [0.15, 0.2) is 24.3 Å². The average molecular weight is 334 g/mol. The normalized spacial score (nSPS) is 13.8. The maximum absolute atomic E-state index is 11.3. The number of hydrogen-bond acceptors (Lipinski definition) is 5. The number of aliphatic hydroxyl groups excluding tert-OH is 2. The number of alkyl halides is 2. The van der Waals surface area contributed by atoms with Gasteiger partial charge in [-0.1, -0.05) is 23.2 Å². The van der Waals surface area contributed by atoms with Crippen LogP contribution >= 0.6 is 23.2 Å². The molecule has 110 valence electrons. The molecule has 0 fully saturated rings. The Labute approximate surface area is 124 Å². The van der Waals surface area contributed by atoms with Crippen molar-refractivity contribution in [2.45, 2.75) is 17.0 Å². The standard InChI is InChI=1S/C11H12Cl2N2O5/c12-10(13)11(18)14-8(5-16)9(17)6-1-3-7(4-2-6)15(19)20/h1-4,8-10,16-17H,5H2,(H,14,18)/t8-,9-/m1/s1/i1+1,2+1,3+1,4+1,5+1,6+1,7+1,8+1,9+1,10+1,11+1. The quantitative estimate of drug-likeness (QED) is 0.310. The van der Waals surface area contributed by atoms with Crippen molar-refractivity contribution in [3.8, 4) is 0 Å². The number of nitro benzene ring substituents is 1. The van der Waals surface area contributed by atoms with Gasteiger partial charge in [0.1, 0.15) is 6.10 Å². The molecule has 20 heavy (non-hydrogen) atoms. The SMILES string of the molecule is O=[13C](N[13C@H]([13CH2]O)[13C@H](O)[13c]1[13cH][13cH][13c]([N+](=O)[O-])[13cH][13cH]1)[13CH](Cl)Cl. The lowest BCUT2D eigenvalue weighted by molar-refractivity contribution is -0.384. The minimum Gasteiger partial charge on any atom is -0.394 e. The Bertz CT molecular complexity index is 480. The van der Waals surface area contributed by atoms with E-state index in [1.807, 2.05) is 0 Å². The van der Waals surface area contributed by atoms with E-state index in [0.29, 0.717) is 5.56 Å². The molecular formula is C11H12Cl2N2O5. The zero-order valence-electron chi connectivity index (χ0n) is 10.1. The highest BCUT2D eigenvalue weighted by Gasteiger charge is 2.24. The van der Waals surface area contributed by atoms with Crippen LogP contribution in [0.25, 0.3) is 0 Å². The molecule has 0 aromatic heterocycles. The number of non-ortho nitro benzene ring substituents is 1. The molecule has 0 aliphatic heterocycles. The lowest BCUT2D eigenvalue weighted by Gasteiger charge is -2.22. The second kappa shape index (κ2) is 7.39. The molecule has 1 aromatic rings. The summed E-state index contributed by atoms with van der Waals surface area (Å²) in [5.74, 6) is -0.756. The van der Waals surface area contributed by atoms with Gasteiger partial charge in [-0.2, -0.15) is 0 Å². The Morgan fingerprint density at radius 3 is 2.30 bits per heavy atom. The van der Waals surface area contributed by atoms with Crippen LogP contribution in [0, 0.1) is 10.1 Å². The number of benzene rings is 1. The highest BCUT2D eigenvalue weighted by Crippen LogP contribution is 2.20. The minimum absolute atomic E-state index is 0.132. The number of amides is 1. The molecule has 0 saturated carbocycles. The third kappa shape index (κ3) is 4.31. The summed E-state index contributed by atoms with van der Waals surface area (Å²) in [5, 5.41) is 31.9. The van der Waals surface area contributed by atoms with E-state index < -0.39 is 34.4 Å². The molecule has 0 aliphatic carbocycles. The van der Waals surface area contributed by atoms with Crippen LogP contribution in [-0.2, 0) is 4.79 Å². The van der Waals surface area contributed by atoms with Crippen molar-refractivity contribution in [3.63, 3.8) is 0 Å². The summed E-state index contributed by atoms with van der Waals surface area (Å²) >= 11 is 10.7. The molecule has 9 heteroatoms. The summed E-state index contributed by atoms with van der Waals surface area (Å²) in [6.45, 7) is -0.551. The van der Waals surface area contributed by atoms with Crippen LogP contribution in [0.1, 0.15) is 11.7 Å². The topological polar surface area (TPSA) is 113 Å². The van der Waals surface area contributed by atoms with Gasteiger partial charge in [0.15, 0.2) is 4.84 Å². The largest absolute Gasteiger partial charge is 0.394 e. The molecule has 0 heterocycles. The first-order chi connectivity index (χ1) is 9.36. The number of rotatable bonds is 6. The molecule has 7 nitrogen and oxygen atoms in total. The molecule has 0 radical (unpaired) electrons. The summed E-state index contributed by atoms with van der Waals surface area (Å²) in [7, 11) is 0. The molecule has 0 bridgehead atoms. The fourth-order valence-corrected chi connectivity index (χ4v) is 1.62. The van der Waals surface area contributed by atoms with Crippen LogP contribution in [0.2, 0.25) is 0 Å². The maximum atomic E-state index is 11.3. The van der Waals surface area contributed by atoms with Crippen LogP contribution in [0.5, 0.6) is 0 Å². The van der Waals surface area contributed by atoms with E-state index in [1.54, 1.807) is 0 Å². The Balaban J connectivity index is 2.82. The molecule has 1 rings (SSSR count). The van der Waals surface area contributed by atoms with Gasteiger partial charge in [0.05, 0.1) is 17.6 Å². The molecule has 0 unspecified atom stereocenters. The first-order valence-corrected chi connectivity index (χ1v) is 6.36. The summed E-state index contributed by atoms with van der Waals surface area (Å²) < 4.78 is 0. The van der Waals surface area contributed by atoms with Crippen LogP contribution in [0.3, 0.4) is 0 Å². The molecule has 1 amide bonds. The number of hydrogen-bond donors (Lipinski definition) is 3. The molecule has 3 N–H and O–H groups in total. The zero-order valence-corrected chi connectivity index (χ0v) is 11.6. The van der Waals surface area contributed by atoms with Gasteiger partial charge in [-0.05, 0) is 17.7 Å². The Hall–Kier alpha value is -1.41. The van der Waals surface area contributed by atoms with Gasteiger partial charge in [0, 0.05) is 12.1 Å². The van der Waals surface area contributed by atoms with Crippen LogP contribution < -0.4 is 5.32 Å². The number of aliphatic hydroxyl groups is 2. The Morgan fingerprint density at radius 1 is 1.35 bits per heavy atom. The molecular weight excluding hydrogens is 322 g/mol. The van der Waals surface area contributed by atoms with Gasteiger partial charge in [-0.25, -0.2) is 0 Å². The summed E-state index contributed by atoms with van der Waals surface area (Å²) in [6, 6.07) is 4.05. The lowest BCUT2D eigenvalue weighted by atomic mass is 11.0. The van der Waals surface area contributed by atoms with E-state index in [9.17, 15) is 20.0 Å². The second-order valence-corrected chi connectivity index (χ2v) is 4.99. The van der Waals surface area contributed by atoms with Gasteiger partial charge in [-0.3, -0.25) is 14.9 Å². The highest BCUT2D eigenvalue weighted by molar-refractivity contribution is 6.53. The highest BCUT2D eigenvalue weighted by atomic mass is 35.5. The fourth-order valence-electron chi connectivity index (χ4n) is 1.50. The van der Waals surface area contributed by atoms with Crippen molar-refractivity contribution in [2.75, 3.05) is 6.61 Å². The minimum atomic E-state index is -1.33. The number of nitro groups is 1. The van der Waals surface area contributed by atoms with E-state index >= 15 is 0 Å². The zero-order chi connectivity index (χ0) is 15.3. The van der Waals surface area contributed by atoms with E-state index in [-0.39, 0.29) is 5.69 Å². The number of nitrogens with zero attached hydrogens (tertiary/aromatic N) is 1. The third-order valence-corrected chi connectivity index (χ3v) is 2.95. The predicted molar refractivity (Wildman–Crippen MR) is 72.6 cm³/mol. The van der Waals surface area contributed by atoms with Gasteiger partial charge >= 0.3 is 0 Å². The van der Waals surface area contributed by atoms with Crippen molar-refractivity contribution in [2.24, 2.45) is 0 Å². The van der Waals surface area contributed by atoms with Crippen LogP contribution in [0.4, 0.5) is 5.69 Å².